The second-order valence-corrected chi connectivity index (χ2v) is 6.74. The lowest BCUT2D eigenvalue weighted by molar-refractivity contribution is -0.137. The molecule has 1 saturated carbocycles. The van der Waals surface area contributed by atoms with Gasteiger partial charge in [0.1, 0.15) is 11.9 Å². The summed E-state index contributed by atoms with van der Waals surface area (Å²) in [4.78, 5) is 15.4. The van der Waals surface area contributed by atoms with Gasteiger partial charge in [-0.3, -0.25) is 4.79 Å². The molecule has 1 aromatic heterocycles. The van der Waals surface area contributed by atoms with Crippen molar-refractivity contribution in [2.45, 2.75) is 44.9 Å². The van der Waals surface area contributed by atoms with Gasteiger partial charge in [0.05, 0.1) is 11.8 Å². The highest BCUT2D eigenvalue weighted by Crippen LogP contribution is 2.40. The molecule has 0 amide bonds. The maximum atomic E-state index is 13.1. The van der Waals surface area contributed by atoms with Crippen LogP contribution >= 0.6 is 11.6 Å². The lowest BCUT2D eigenvalue weighted by atomic mass is 10.0. The fourth-order valence-corrected chi connectivity index (χ4v) is 3.23. The summed E-state index contributed by atoms with van der Waals surface area (Å²) in [5, 5.41) is 0.112. The molecule has 0 bridgehead atoms. The molecule has 3 rings (SSSR count). The summed E-state index contributed by atoms with van der Waals surface area (Å²) in [6, 6.07) is 4.45. The lowest BCUT2D eigenvalue weighted by Gasteiger charge is -2.18. The highest BCUT2D eigenvalue weighted by atomic mass is 35.5. The molecular formula is C19H17ClF3NO3. The lowest BCUT2D eigenvalue weighted by Crippen LogP contribution is -2.13. The fourth-order valence-electron chi connectivity index (χ4n) is 3.01. The van der Waals surface area contributed by atoms with Crippen molar-refractivity contribution < 1.29 is 27.4 Å². The van der Waals surface area contributed by atoms with E-state index in [0.29, 0.717) is 0 Å². The molecule has 144 valence electrons. The van der Waals surface area contributed by atoms with E-state index in [1.807, 2.05) is 0 Å². The topological polar surface area (TPSA) is 48.4 Å². The van der Waals surface area contributed by atoms with E-state index < -0.39 is 17.7 Å². The third kappa shape index (κ3) is 4.71. The van der Waals surface area contributed by atoms with E-state index in [0.717, 1.165) is 37.8 Å². The number of ether oxygens (including phenoxy) is 2. The van der Waals surface area contributed by atoms with Crippen molar-refractivity contribution >= 4 is 17.6 Å². The minimum atomic E-state index is -4.52. The number of aromatic nitrogens is 1. The zero-order chi connectivity index (χ0) is 19.6. The van der Waals surface area contributed by atoms with Crippen molar-refractivity contribution in [3.8, 4) is 22.8 Å². The minimum absolute atomic E-state index is 0.0552. The first-order valence-corrected chi connectivity index (χ1v) is 8.84. The van der Waals surface area contributed by atoms with Crippen LogP contribution in [0.25, 0.3) is 11.1 Å². The SMILES string of the molecule is CC(=O)Oc1cnc(OC2CCCC2)c(-c2cc(C(F)(F)F)ccc2Cl)c1. The van der Waals surface area contributed by atoms with Crippen LogP contribution in [0.4, 0.5) is 13.2 Å². The zero-order valence-corrected chi connectivity index (χ0v) is 15.2. The Morgan fingerprint density at radius 2 is 1.89 bits per heavy atom. The normalized spacial score (nSPS) is 15.0. The maximum absolute atomic E-state index is 13.1. The third-order valence-electron chi connectivity index (χ3n) is 4.25. The first kappa shape index (κ1) is 19.5. The molecule has 0 spiro atoms. The summed E-state index contributed by atoms with van der Waals surface area (Å²) < 4.78 is 50.3. The Morgan fingerprint density at radius 3 is 2.52 bits per heavy atom. The van der Waals surface area contributed by atoms with Crippen molar-refractivity contribution in [1.29, 1.82) is 0 Å². The molecule has 1 aromatic carbocycles. The predicted molar refractivity (Wildman–Crippen MR) is 93.9 cm³/mol. The van der Waals surface area contributed by atoms with Gasteiger partial charge in [0.25, 0.3) is 0 Å². The number of carbonyl (C=O) groups is 1. The molecule has 4 nitrogen and oxygen atoms in total. The predicted octanol–water partition coefficient (Wildman–Crippen LogP) is 5.67. The fraction of sp³-hybridized carbons (Fsp3) is 0.368. The average Bonchev–Trinajstić information content (AvgIpc) is 3.08. The standard InChI is InChI=1S/C19H17ClF3NO3/c1-11(25)26-14-9-16(18(24-10-14)27-13-4-2-3-5-13)15-8-12(19(21,22)23)6-7-17(15)20/h6-10,13H,2-5H2,1H3. The van der Waals surface area contributed by atoms with Crippen molar-refractivity contribution in [2.75, 3.05) is 0 Å². The Kier molecular flexibility index (Phi) is 5.60. The first-order valence-electron chi connectivity index (χ1n) is 8.46. The summed E-state index contributed by atoms with van der Waals surface area (Å²) in [5.41, 5.74) is -0.482. The van der Waals surface area contributed by atoms with Gasteiger partial charge < -0.3 is 9.47 Å². The Morgan fingerprint density at radius 1 is 1.19 bits per heavy atom. The first-order chi connectivity index (χ1) is 12.7. The Labute approximate surface area is 159 Å². The van der Waals surface area contributed by atoms with Gasteiger partial charge >= 0.3 is 12.1 Å². The highest BCUT2D eigenvalue weighted by Gasteiger charge is 2.31. The van der Waals surface area contributed by atoms with Crippen molar-refractivity contribution in [3.63, 3.8) is 0 Å². The summed E-state index contributed by atoms with van der Waals surface area (Å²) in [7, 11) is 0. The number of rotatable bonds is 4. The summed E-state index contributed by atoms with van der Waals surface area (Å²) in [6.07, 6.45) is 0.474. The molecule has 1 aliphatic carbocycles. The maximum Gasteiger partial charge on any atom is 0.416 e. The van der Waals surface area contributed by atoms with Gasteiger partial charge in [-0.1, -0.05) is 11.6 Å². The quantitative estimate of drug-likeness (QED) is 0.622. The summed E-state index contributed by atoms with van der Waals surface area (Å²) in [5.74, 6) is -0.300. The zero-order valence-electron chi connectivity index (χ0n) is 14.5. The van der Waals surface area contributed by atoms with E-state index in [9.17, 15) is 18.0 Å². The molecule has 0 radical (unpaired) electrons. The number of alkyl halides is 3. The van der Waals surface area contributed by atoms with Crippen LogP contribution in [0.5, 0.6) is 11.6 Å². The number of carbonyl (C=O) groups excluding carboxylic acids is 1. The molecule has 0 aliphatic heterocycles. The molecule has 1 aliphatic rings. The van der Waals surface area contributed by atoms with Crippen molar-refractivity contribution in [1.82, 2.24) is 4.98 Å². The summed E-state index contributed by atoms with van der Waals surface area (Å²) >= 11 is 6.17. The van der Waals surface area contributed by atoms with E-state index in [1.54, 1.807) is 0 Å². The van der Waals surface area contributed by atoms with Crippen LogP contribution in [0, 0.1) is 0 Å². The van der Waals surface area contributed by atoms with Crippen LogP contribution < -0.4 is 9.47 Å². The second kappa shape index (κ2) is 7.76. The number of benzene rings is 1. The number of pyridine rings is 1. The smallest absolute Gasteiger partial charge is 0.416 e. The molecule has 1 fully saturated rings. The minimum Gasteiger partial charge on any atom is -0.474 e. The molecule has 0 atom stereocenters. The van der Waals surface area contributed by atoms with Crippen molar-refractivity contribution in [3.05, 3.63) is 41.0 Å². The van der Waals surface area contributed by atoms with Gasteiger partial charge in [-0.05, 0) is 49.9 Å². The molecule has 0 saturated heterocycles. The van der Waals surface area contributed by atoms with Crippen LogP contribution in [0.1, 0.15) is 38.2 Å². The number of nitrogens with zero attached hydrogens (tertiary/aromatic N) is 1. The molecule has 1 heterocycles. The van der Waals surface area contributed by atoms with Crippen LogP contribution in [-0.4, -0.2) is 17.1 Å². The van der Waals surface area contributed by atoms with Crippen LogP contribution in [-0.2, 0) is 11.0 Å². The Balaban J connectivity index is 2.08. The van der Waals surface area contributed by atoms with Crippen molar-refractivity contribution in [2.24, 2.45) is 0 Å². The number of esters is 1. The van der Waals surface area contributed by atoms with Gasteiger partial charge in [0, 0.05) is 23.1 Å². The molecule has 2 aromatic rings. The van der Waals surface area contributed by atoms with Crippen LogP contribution in [0.3, 0.4) is 0 Å². The van der Waals surface area contributed by atoms with Gasteiger partial charge in [-0.25, -0.2) is 4.98 Å². The van der Waals surface area contributed by atoms with E-state index >= 15 is 0 Å². The number of halogens is 4. The monoisotopic (exact) mass is 399 g/mol. The highest BCUT2D eigenvalue weighted by molar-refractivity contribution is 6.33. The Hall–Kier alpha value is -2.28. The molecule has 0 unspecified atom stereocenters. The van der Waals surface area contributed by atoms with E-state index in [4.69, 9.17) is 21.1 Å². The van der Waals surface area contributed by atoms with Gasteiger partial charge in [-0.2, -0.15) is 13.2 Å². The van der Waals surface area contributed by atoms with E-state index in [1.165, 1.54) is 25.3 Å². The molecule has 8 heteroatoms. The largest absolute Gasteiger partial charge is 0.474 e. The van der Waals surface area contributed by atoms with Crippen LogP contribution in [0.15, 0.2) is 30.5 Å². The third-order valence-corrected chi connectivity index (χ3v) is 4.58. The Bertz CT molecular complexity index is 849. The molecular weight excluding hydrogens is 383 g/mol. The van der Waals surface area contributed by atoms with E-state index in [-0.39, 0.29) is 33.9 Å². The van der Waals surface area contributed by atoms with Gasteiger partial charge in [0.15, 0.2) is 0 Å². The van der Waals surface area contributed by atoms with Gasteiger partial charge in [0.2, 0.25) is 5.88 Å². The number of hydrogen-bond acceptors (Lipinski definition) is 4. The average molecular weight is 400 g/mol. The van der Waals surface area contributed by atoms with Gasteiger partial charge in [-0.15, -0.1) is 0 Å². The summed E-state index contributed by atoms with van der Waals surface area (Å²) in [6.45, 7) is 1.22. The van der Waals surface area contributed by atoms with E-state index in [2.05, 4.69) is 4.98 Å². The second-order valence-electron chi connectivity index (χ2n) is 6.33. The molecule has 27 heavy (non-hydrogen) atoms. The number of hydrogen-bond donors (Lipinski definition) is 0. The molecule has 0 N–H and O–H groups in total. The van der Waals surface area contributed by atoms with Crippen LogP contribution in [0.2, 0.25) is 5.02 Å².